The second kappa shape index (κ2) is 8.07. The fourth-order valence-electron chi connectivity index (χ4n) is 1.59. The Morgan fingerprint density at radius 1 is 1.50 bits per heavy atom. The minimum atomic E-state index is 0.687. The third kappa shape index (κ3) is 5.30. The molecule has 1 N–H and O–H groups in total. The number of halogens is 1. The largest absolute Gasteiger partial charge is 0.383 e. The van der Waals surface area contributed by atoms with E-state index in [4.69, 9.17) is 16.3 Å². The lowest BCUT2D eigenvalue weighted by Gasteiger charge is -2.14. The molecule has 0 aliphatic heterocycles. The molecule has 1 rings (SSSR count). The lowest BCUT2D eigenvalue weighted by atomic mass is 10.0. The van der Waals surface area contributed by atoms with Crippen molar-refractivity contribution in [3.05, 3.63) is 21.3 Å². The predicted octanol–water partition coefficient (Wildman–Crippen LogP) is 3.21. The summed E-state index contributed by atoms with van der Waals surface area (Å²) < 4.78 is 5.89. The van der Waals surface area contributed by atoms with Crippen LogP contribution < -0.4 is 5.32 Å². The van der Waals surface area contributed by atoms with E-state index in [2.05, 4.69) is 18.3 Å². The summed E-state index contributed by atoms with van der Waals surface area (Å²) in [5, 5.41) is 3.41. The van der Waals surface area contributed by atoms with Crippen molar-refractivity contribution in [1.29, 1.82) is 0 Å². The number of methoxy groups -OCH3 is 1. The first-order valence-electron chi connectivity index (χ1n) is 5.70. The maximum absolute atomic E-state index is 5.92. The topological polar surface area (TPSA) is 21.3 Å². The van der Waals surface area contributed by atoms with Gasteiger partial charge in [0.25, 0.3) is 0 Å². The molecule has 0 bridgehead atoms. The molecule has 1 aromatic heterocycles. The molecule has 1 atom stereocenters. The summed E-state index contributed by atoms with van der Waals surface area (Å²) in [5.74, 6) is 0.687. The molecule has 1 aromatic rings. The molecule has 1 heterocycles. The normalized spacial score (nSPS) is 12.9. The minimum Gasteiger partial charge on any atom is -0.383 e. The highest BCUT2D eigenvalue weighted by Gasteiger charge is 2.08. The number of nitrogens with one attached hydrogen (secondary N) is 1. The van der Waals surface area contributed by atoms with Gasteiger partial charge in [-0.15, -0.1) is 11.3 Å². The third-order valence-electron chi connectivity index (χ3n) is 2.61. The Morgan fingerprint density at radius 2 is 2.31 bits per heavy atom. The fraction of sp³-hybridized carbons (Fsp3) is 0.667. The van der Waals surface area contributed by atoms with Crippen molar-refractivity contribution < 1.29 is 4.74 Å². The van der Waals surface area contributed by atoms with E-state index in [9.17, 15) is 0 Å². The smallest absolute Gasteiger partial charge is 0.0931 e. The molecule has 0 saturated carbocycles. The summed E-state index contributed by atoms with van der Waals surface area (Å²) in [6.45, 7) is 4.99. The van der Waals surface area contributed by atoms with E-state index in [0.717, 1.165) is 30.5 Å². The van der Waals surface area contributed by atoms with Gasteiger partial charge < -0.3 is 10.1 Å². The summed E-state index contributed by atoms with van der Waals surface area (Å²) in [6, 6.07) is 4.11. The fourth-order valence-corrected chi connectivity index (χ4v) is 2.79. The molecule has 0 aliphatic rings. The highest BCUT2D eigenvalue weighted by molar-refractivity contribution is 7.16. The second-order valence-corrected chi connectivity index (χ2v) is 5.68. The van der Waals surface area contributed by atoms with Crippen LogP contribution in [-0.4, -0.2) is 26.8 Å². The monoisotopic (exact) mass is 261 g/mol. The summed E-state index contributed by atoms with van der Waals surface area (Å²) in [6.07, 6.45) is 2.31. The second-order valence-electron chi connectivity index (χ2n) is 3.88. The average Bonchev–Trinajstić information content (AvgIpc) is 2.68. The lowest BCUT2D eigenvalue weighted by Crippen LogP contribution is -2.26. The van der Waals surface area contributed by atoms with Crippen LogP contribution in [0.5, 0.6) is 0 Å². The van der Waals surface area contributed by atoms with E-state index < -0.39 is 0 Å². The predicted molar refractivity (Wildman–Crippen MR) is 71.6 cm³/mol. The van der Waals surface area contributed by atoms with Crippen molar-refractivity contribution in [2.75, 3.05) is 26.8 Å². The first kappa shape index (κ1) is 14.0. The molecule has 0 aromatic carbocycles. The minimum absolute atomic E-state index is 0.687. The highest BCUT2D eigenvalue weighted by atomic mass is 35.5. The highest BCUT2D eigenvalue weighted by Crippen LogP contribution is 2.24. The Balaban J connectivity index is 2.26. The molecule has 0 spiro atoms. The zero-order valence-corrected chi connectivity index (χ0v) is 11.5. The standard InChI is InChI=1S/C12H20ClNOS/c1-3-10(9-14-6-7-15-2)8-11-4-5-12(13)16-11/h4-5,10,14H,3,6-9H2,1-2H3. The molecular formula is C12H20ClNOS. The summed E-state index contributed by atoms with van der Waals surface area (Å²) >= 11 is 7.61. The SMILES string of the molecule is CCC(CNCCOC)Cc1ccc(Cl)s1. The zero-order chi connectivity index (χ0) is 11.8. The quantitative estimate of drug-likeness (QED) is 0.726. The van der Waals surface area contributed by atoms with E-state index in [1.54, 1.807) is 18.4 Å². The van der Waals surface area contributed by atoms with Crippen molar-refractivity contribution in [3.63, 3.8) is 0 Å². The third-order valence-corrected chi connectivity index (χ3v) is 3.87. The van der Waals surface area contributed by atoms with Crippen molar-refractivity contribution in [2.45, 2.75) is 19.8 Å². The van der Waals surface area contributed by atoms with Gasteiger partial charge in [-0.1, -0.05) is 24.9 Å². The molecule has 0 amide bonds. The van der Waals surface area contributed by atoms with Gasteiger partial charge in [0.1, 0.15) is 0 Å². The number of thiophene rings is 1. The van der Waals surface area contributed by atoms with Crippen LogP contribution in [0.1, 0.15) is 18.2 Å². The van der Waals surface area contributed by atoms with Crippen LogP contribution >= 0.6 is 22.9 Å². The number of rotatable bonds is 8. The lowest BCUT2D eigenvalue weighted by molar-refractivity contribution is 0.197. The van der Waals surface area contributed by atoms with Crippen LogP contribution in [0.4, 0.5) is 0 Å². The van der Waals surface area contributed by atoms with Gasteiger partial charge in [-0.05, 0) is 31.0 Å². The molecule has 0 aliphatic carbocycles. The summed E-state index contributed by atoms with van der Waals surface area (Å²) in [7, 11) is 1.73. The van der Waals surface area contributed by atoms with Crippen molar-refractivity contribution in [1.82, 2.24) is 5.32 Å². The Kier molecular flexibility index (Phi) is 7.05. The molecular weight excluding hydrogens is 242 g/mol. The Labute approximate surface area is 107 Å². The van der Waals surface area contributed by atoms with Gasteiger partial charge in [-0.2, -0.15) is 0 Å². The van der Waals surface area contributed by atoms with Crippen LogP contribution in [0, 0.1) is 5.92 Å². The molecule has 1 unspecified atom stereocenters. The number of ether oxygens (including phenoxy) is 1. The van der Waals surface area contributed by atoms with Crippen molar-refractivity contribution >= 4 is 22.9 Å². The van der Waals surface area contributed by atoms with Gasteiger partial charge in [0.15, 0.2) is 0 Å². The van der Waals surface area contributed by atoms with Crippen LogP contribution in [-0.2, 0) is 11.2 Å². The molecule has 16 heavy (non-hydrogen) atoms. The van der Waals surface area contributed by atoms with Crippen LogP contribution in [0.2, 0.25) is 4.34 Å². The number of hydrogen-bond acceptors (Lipinski definition) is 3. The summed E-state index contributed by atoms with van der Waals surface area (Å²) in [5.41, 5.74) is 0. The molecule has 0 fully saturated rings. The first-order valence-corrected chi connectivity index (χ1v) is 6.89. The van der Waals surface area contributed by atoms with E-state index >= 15 is 0 Å². The molecule has 0 saturated heterocycles. The van der Waals surface area contributed by atoms with Crippen LogP contribution in [0.25, 0.3) is 0 Å². The summed E-state index contributed by atoms with van der Waals surface area (Å²) in [4.78, 5) is 1.38. The van der Waals surface area contributed by atoms with Gasteiger partial charge in [-0.25, -0.2) is 0 Å². The van der Waals surface area contributed by atoms with E-state index in [0.29, 0.717) is 5.92 Å². The Morgan fingerprint density at radius 3 is 2.88 bits per heavy atom. The van der Waals surface area contributed by atoms with Gasteiger partial charge in [0.2, 0.25) is 0 Å². The van der Waals surface area contributed by atoms with Gasteiger partial charge >= 0.3 is 0 Å². The average molecular weight is 262 g/mol. The maximum Gasteiger partial charge on any atom is 0.0931 e. The van der Waals surface area contributed by atoms with Crippen LogP contribution in [0.15, 0.2) is 12.1 Å². The van der Waals surface area contributed by atoms with E-state index in [-0.39, 0.29) is 0 Å². The molecule has 4 heteroatoms. The van der Waals surface area contributed by atoms with Gasteiger partial charge in [-0.3, -0.25) is 0 Å². The molecule has 0 radical (unpaired) electrons. The Bertz CT molecular complexity index is 290. The Hall–Kier alpha value is -0.0900. The number of hydrogen-bond donors (Lipinski definition) is 1. The van der Waals surface area contributed by atoms with E-state index in [1.807, 2.05) is 6.07 Å². The zero-order valence-electron chi connectivity index (χ0n) is 9.96. The van der Waals surface area contributed by atoms with Gasteiger partial charge in [0.05, 0.1) is 10.9 Å². The van der Waals surface area contributed by atoms with Crippen molar-refractivity contribution in [2.24, 2.45) is 5.92 Å². The molecule has 92 valence electrons. The first-order chi connectivity index (χ1) is 7.76. The van der Waals surface area contributed by atoms with E-state index in [1.165, 1.54) is 11.3 Å². The van der Waals surface area contributed by atoms with Crippen LogP contribution in [0.3, 0.4) is 0 Å². The molecule has 2 nitrogen and oxygen atoms in total. The maximum atomic E-state index is 5.92. The van der Waals surface area contributed by atoms with Gasteiger partial charge in [0, 0.05) is 18.5 Å². The van der Waals surface area contributed by atoms with Crippen molar-refractivity contribution in [3.8, 4) is 0 Å².